The van der Waals surface area contributed by atoms with Gasteiger partial charge in [-0.1, -0.05) is 6.42 Å². The molecule has 1 fully saturated rings. The normalized spacial score (nSPS) is 23.2. The predicted molar refractivity (Wildman–Crippen MR) is 64.1 cm³/mol. The monoisotopic (exact) mass is 225 g/mol. The highest BCUT2D eigenvalue weighted by Gasteiger charge is 2.23. The lowest BCUT2D eigenvalue weighted by Crippen LogP contribution is -2.29. The van der Waals surface area contributed by atoms with E-state index in [0.29, 0.717) is 6.04 Å². The molecular formula is C11H19N3S. The molecule has 0 aliphatic carbocycles. The van der Waals surface area contributed by atoms with Crippen molar-refractivity contribution >= 4 is 11.3 Å². The van der Waals surface area contributed by atoms with Gasteiger partial charge in [0.1, 0.15) is 5.01 Å². The molecule has 2 N–H and O–H groups in total. The molecule has 0 amide bonds. The van der Waals surface area contributed by atoms with Gasteiger partial charge < -0.3 is 5.73 Å². The summed E-state index contributed by atoms with van der Waals surface area (Å²) in [5.41, 5.74) is 5.54. The minimum atomic E-state index is 0.551. The summed E-state index contributed by atoms with van der Waals surface area (Å²) >= 11 is 1.83. The van der Waals surface area contributed by atoms with Gasteiger partial charge in [-0.15, -0.1) is 11.3 Å². The summed E-state index contributed by atoms with van der Waals surface area (Å²) in [5, 5.41) is 1.28. The average molecular weight is 225 g/mol. The largest absolute Gasteiger partial charge is 0.330 e. The molecule has 1 aliphatic heterocycles. The van der Waals surface area contributed by atoms with Crippen LogP contribution in [0.3, 0.4) is 0 Å². The second kappa shape index (κ2) is 5.05. The van der Waals surface area contributed by atoms with Crippen LogP contribution < -0.4 is 5.73 Å². The molecule has 15 heavy (non-hydrogen) atoms. The fourth-order valence-electron chi connectivity index (χ4n) is 2.12. The molecule has 0 saturated carbocycles. The Balaban J connectivity index is 2.06. The van der Waals surface area contributed by atoms with Crippen molar-refractivity contribution in [3.63, 3.8) is 0 Å². The molecule has 0 spiro atoms. The number of likely N-dealkylation sites (tertiary alicyclic amines) is 1. The third-order valence-corrected chi connectivity index (χ3v) is 4.18. The maximum Gasteiger partial charge on any atom is 0.110 e. The van der Waals surface area contributed by atoms with Gasteiger partial charge in [0, 0.05) is 11.1 Å². The van der Waals surface area contributed by atoms with Crippen LogP contribution in [-0.2, 0) is 6.42 Å². The van der Waals surface area contributed by atoms with Gasteiger partial charge in [-0.25, -0.2) is 4.98 Å². The lowest BCUT2D eigenvalue weighted by molar-refractivity contribution is 0.187. The Labute approximate surface area is 95.3 Å². The molecule has 0 bridgehead atoms. The van der Waals surface area contributed by atoms with Crippen LogP contribution in [-0.4, -0.2) is 30.0 Å². The number of rotatable bonds is 3. The highest BCUT2D eigenvalue weighted by molar-refractivity contribution is 7.11. The molecule has 1 saturated heterocycles. The van der Waals surface area contributed by atoms with Crippen LogP contribution in [0.4, 0.5) is 0 Å². The Morgan fingerprint density at radius 1 is 1.60 bits per heavy atom. The Morgan fingerprint density at radius 2 is 2.47 bits per heavy atom. The molecule has 1 aliphatic rings. The number of nitrogens with zero attached hydrogens (tertiary/aromatic N) is 2. The molecule has 1 aromatic rings. The Bertz CT molecular complexity index is 311. The first-order chi connectivity index (χ1) is 7.31. The quantitative estimate of drug-likeness (QED) is 0.853. The van der Waals surface area contributed by atoms with Crippen molar-refractivity contribution in [3.8, 4) is 0 Å². The van der Waals surface area contributed by atoms with E-state index in [4.69, 9.17) is 5.73 Å². The Kier molecular flexibility index (Phi) is 3.72. The van der Waals surface area contributed by atoms with Gasteiger partial charge in [-0.3, -0.25) is 4.90 Å². The van der Waals surface area contributed by atoms with Gasteiger partial charge in [0.2, 0.25) is 0 Å². The summed E-state index contributed by atoms with van der Waals surface area (Å²) in [6, 6.07) is 0.551. The lowest BCUT2D eigenvalue weighted by Gasteiger charge is -2.30. The summed E-state index contributed by atoms with van der Waals surface area (Å²) in [4.78, 5) is 8.28. The van der Waals surface area contributed by atoms with Crippen molar-refractivity contribution in [2.24, 2.45) is 5.73 Å². The summed E-state index contributed by atoms with van der Waals surface area (Å²) < 4.78 is 0. The number of nitrogens with two attached hydrogens (primary N) is 1. The molecule has 2 rings (SSSR count). The zero-order chi connectivity index (χ0) is 10.7. The van der Waals surface area contributed by atoms with Crippen LogP contribution in [0, 0.1) is 0 Å². The third-order valence-electron chi connectivity index (χ3n) is 3.02. The fourth-order valence-corrected chi connectivity index (χ4v) is 3.25. The van der Waals surface area contributed by atoms with E-state index in [0.717, 1.165) is 13.0 Å². The topological polar surface area (TPSA) is 42.2 Å². The summed E-state index contributed by atoms with van der Waals surface area (Å²) in [6.07, 6.45) is 6.88. The average Bonchev–Trinajstić information content (AvgIpc) is 2.68. The summed E-state index contributed by atoms with van der Waals surface area (Å²) in [5.74, 6) is 0. The maximum absolute atomic E-state index is 5.54. The molecule has 1 aromatic heterocycles. The lowest BCUT2D eigenvalue weighted by atomic mass is 10.0. The van der Waals surface area contributed by atoms with Gasteiger partial charge in [-0.05, 0) is 39.4 Å². The number of hydrogen-bond acceptors (Lipinski definition) is 4. The zero-order valence-corrected chi connectivity index (χ0v) is 10.1. The van der Waals surface area contributed by atoms with E-state index in [9.17, 15) is 0 Å². The predicted octanol–water partition coefficient (Wildman–Crippen LogP) is 1.80. The van der Waals surface area contributed by atoms with E-state index in [2.05, 4.69) is 16.9 Å². The highest BCUT2D eigenvalue weighted by Crippen LogP contribution is 2.31. The van der Waals surface area contributed by atoms with Gasteiger partial charge in [0.15, 0.2) is 0 Å². The molecule has 84 valence electrons. The van der Waals surface area contributed by atoms with Crippen LogP contribution in [0.5, 0.6) is 0 Å². The molecule has 2 heterocycles. The minimum absolute atomic E-state index is 0.551. The molecule has 1 atom stereocenters. The Morgan fingerprint density at radius 3 is 3.20 bits per heavy atom. The molecule has 3 nitrogen and oxygen atoms in total. The molecule has 0 aromatic carbocycles. The number of aromatic nitrogens is 1. The van der Waals surface area contributed by atoms with E-state index in [1.54, 1.807) is 0 Å². The fraction of sp³-hybridized carbons (Fsp3) is 0.727. The van der Waals surface area contributed by atoms with Crippen LogP contribution in [0.2, 0.25) is 0 Å². The van der Waals surface area contributed by atoms with Gasteiger partial charge in [0.05, 0.1) is 6.04 Å². The SMILES string of the molecule is CN1CCCCC1c1ncc(CCN)s1. The van der Waals surface area contributed by atoms with Crippen LogP contribution in [0.25, 0.3) is 0 Å². The van der Waals surface area contributed by atoms with E-state index in [1.165, 1.54) is 35.7 Å². The van der Waals surface area contributed by atoms with E-state index >= 15 is 0 Å². The number of piperidine rings is 1. The summed E-state index contributed by atoms with van der Waals surface area (Å²) in [6.45, 7) is 1.93. The second-order valence-electron chi connectivity index (χ2n) is 4.20. The summed E-state index contributed by atoms with van der Waals surface area (Å²) in [7, 11) is 2.20. The first-order valence-electron chi connectivity index (χ1n) is 5.66. The second-order valence-corrected chi connectivity index (χ2v) is 5.34. The highest BCUT2D eigenvalue weighted by atomic mass is 32.1. The van der Waals surface area contributed by atoms with E-state index < -0.39 is 0 Å². The van der Waals surface area contributed by atoms with Crippen LogP contribution in [0.15, 0.2) is 6.20 Å². The van der Waals surface area contributed by atoms with Crippen molar-refractivity contribution in [1.82, 2.24) is 9.88 Å². The first-order valence-corrected chi connectivity index (χ1v) is 6.48. The van der Waals surface area contributed by atoms with Crippen molar-refractivity contribution in [2.75, 3.05) is 20.1 Å². The molecule has 4 heteroatoms. The standard InChI is InChI=1S/C11H19N3S/c1-14-7-3-2-4-10(14)11-13-8-9(15-11)5-6-12/h8,10H,2-7,12H2,1H3. The smallest absolute Gasteiger partial charge is 0.110 e. The van der Waals surface area contributed by atoms with Crippen molar-refractivity contribution in [3.05, 3.63) is 16.1 Å². The van der Waals surface area contributed by atoms with Gasteiger partial charge in [-0.2, -0.15) is 0 Å². The molecule has 0 radical (unpaired) electrons. The van der Waals surface area contributed by atoms with Crippen molar-refractivity contribution in [1.29, 1.82) is 0 Å². The van der Waals surface area contributed by atoms with Gasteiger partial charge >= 0.3 is 0 Å². The van der Waals surface area contributed by atoms with Gasteiger partial charge in [0.25, 0.3) is 0 Å². The minimum Gasteiger partial charge on any atom is -0.330 e. The maximum atomic E-state index is 5.54. The van der Waals surface area contributed by atoms with Crippen LogP contribution in [0.1, 0.15) is 35.2 Å². The molecular weight excluding hydrogens is 206 g/mol. The zero-order valence-electron chi connectivity index (χ0n) is 9.28. The van der Waals surface area contributed by atoms with Crippen molar-refractivity contribution in [2.45, 2.75) is 31.7 Å². The third kappa shape index (κ3) is 2.56. The van der Waals surface area contributed by atoms with Crippen molar-refractivity contribution < 1.29 is 0 Å². The number of hydrogen-bond donors (Lipinski definition) is 1. The first kappa shape index (κ1) is 11.0. The van der Waals surface area contributed by atoms with E-state index in [-0.39, 0.29) is 0 Å². The Hall–Kier alpha value is -0.450. The van der Waals surface area contributed by atoms with E-state index in [1.807, 2.05) is 17.5 Å². The van der Waals surface area contributed by atoms with Crippen LogP contribution >= 0.6 is 11.3 Å². The molecule has 1 unspecified atom stereocenters. The number of thiazole rings is 1.